The fraction of sp³-hybridized carbons (Fsp3) is 0.474. The Morgan fingerprint density at radius 3 is 2.23 bits per heavy atom. The van der Waals surface area contributed by atoms with Crippen LogP contribution in [-0.4, -0.2) is 15.1 Å². The summed E-state index contributed by atoms with van der Waals surface area (Å²) in [6.07, 6.45) is 0.850. The summed E-state index contributed by atoms with van der Waals surface area (Å²) in [5, 5.41) is 10.1. The highest BCUT2D eigenvalue weighted by molar-refractivity contribution is 5.21. The first-order valence-electron chi connectivity index (χ1n) is 7.93. The maximum atomic E-state index is 10.1. The average molecular weight is 298 g/mol. The minimum absolute atomic E-state index is 0.261. The third kappa shape index (κ3) is 4.14. The molecule has 2 heterocycles. The molecule has 0 bridgehead atoms. The highest BCUT2D eigenvalue weighted by Gasteiger charge is 2.19. The van der Waals surface area contributed by atoms with Crippen molar-refractivity contribution in [3.05, 3.63) is 59.2 Å². The number of hydrogen-bond donors (Lipinski definition) is 1. The Hall–Kier alpha value is -1.74. The Kier molecular flexibility index (Phi) is 4.97. The van der Waals surface area contributed by atoms with Crippen LogP contribution < -0.4 is 0 Å². The number of rotatable bonds is 5. The molecule has 1 N–H and O–H groups in total. The van der Waals surface area contributed by atoms with Crippen molar-refractivity contribution < 1.29 is 5.11 Å². The predicted octanol–water partition coefficient (Wildman–Crippen LogP) is 4.17. The lowest BCUT2D eigenvalue weighted by atomic mass is 9.98. The Labute approximate surface area is 133 Å². The summed E-state index contributed by atoms with van der Waals surface area (Å²) in [4.78, 5) is 9.35. The second-order valence-electron chi connectivity index (χ2n) is 6.82. The first-order valence-corrected chi connectivity index (χ1v) is 7.93. The van der Waals surface area contributed by atoms with Gasteiger partial charge in [-0.15, -0.1) is 0 Å². The summed E-state index contributed by atoms with van der Waals surface area (Å²) in [6.45, 7) is 9.99. The van der Waals surface area contributed by atoms with E-state index in [0.717, 1.165) is 23.5 Å². The Balaban J connectivity index is 2.19. The highest BCUT2D eigenvalue weighted by atomic mass is 16.3. The van der Waals surface area contributed by atoms with E-state index in [0.29, 0.717) is 11.6 Å². The van der Waals surface area contributed by atoms with E-state index in [2.05, 4.69) is 44.0 Å². The molecule has 0 amide bonds. The number of aliphatic hydroxyl groups is 1. The summed E-state index contributed by atoms with van der Waals surface area (Å²) < 4.78 is 0. The number of aromatic nitrogens is 2. The van der Waals surface area contributed by atoms with Gasteiger partial charge in [0.2, 0.25) is 0 Å². The Bertz CT molecular complexity index is 629. The van der Waals surface area contributed by atoms with Crippen molar-refractivity contribution in [2.45, 2.75) is 58.5 Å². The molecule has 2 aromatic rings. The van der Waals surface area contributed by atoms with Gasteiger partial charge in [0.1, 0.15) is 5.60 Å². The van der Waals surface area contributed by atoms with Crippen molar-refractivity contribution in [2.24, 2.45) is 0 Å². The van der Waals surface area contributed by atoms with Gasteiger partial charge in [-0.25, -0.2) is 0 Å². The van der Waals surface area contributed by atoms with Gasteiger partial charge in [-0.2, -0.15) is 0 Å². The molecule has 3 heteroatoms. The summed E-state index contributed by atoms with van der Waals surface area (Å²) in [6, 6.07) is 12.1. The minimum Gasteiger partial charge on any atom is -0.384 e. The molecule has 2 rings (SSSR count). The summed E-state index contributed by atoms with van der Waals surface area (Å²) >= 11 is 0. The van der Waals surface area contributed by atoms with Crippen LogP contribution in [0.5, 0.6) is 0 Å². The van der Waals surface area contributed by atoms with Crippen molar-refractivity contribution in [1.29, 1.82) is 0 Å². The van der Waals surface area contributed by atoms with Gasteiger partial charge in [0.25, 0.3) is 0 Å². The molecule has 0 saturated carbocycles. The van der Waals surface area contributed by atoms with Crippen LogP contribution in [0.2, 0.25) is 0 Å². The second-order valence-corrected chi connectivity index (χ2v) is 6.82. The maximum Gasteiger partial charge on any atom is 0.101 e. The van der Waals surface area contributed by atoms with E-state index in [9.17, 15) is 5.11 Å². The molecule has 0 aliphatic heterocycles. The number of hydrogen-bond acceptors (Lipinski definition) is 3. The SMILES string of the molecule is CC(C)c1cccc(CC(C)c2cccc(C(C)(C)O)n2)n1. The van der Waals surface area contributed by atoms with Gasteiger partial charge in [-0.3, -0.25) is 9.97 Å². The molecule has 0 aliphatic rings. The lowest BCUT2D eigenvalue weighted by molar-refractivity contribution is 0.0736. The monoisotopic (exact) mass is 298 g/mol. The first kappa shape index (κ1) is 16.6. The van der Waals surface area contributed by atoms with Gasteiger partial charge in [-0.05, 0) is 50.5 Å². The Morgan fingerprint density at radius 2 is 1.59 bits per heavy atom. The smallest absolute Gasteiger partial charge is 0.101 e. The van der Waals surface area contributed by atoms with Crippen LogP contribution in [0.3, 0.4) is 0 Å². The third-order valence-corrected chi connectivity index (χ3v) is 3.84. The molecular weight excluding hydrogens is 272 g/mol. The van der Waals surface area contributed by atoms with Crippen LogP contribution in [0, 0.1) is 0 Å². The molecule has 0 aromatic carbocycles. The zero-order chi connectivity index (χ0) is 16.3. The van der Waals surface area contributed by atoms with E-state index in [1.54, 1.807) is 13.8 Å². The van der Waals surface area contributed by atoms with E-state index < -0.39 is 5.60 Å². The molecule has 118 valence electrons. The first-order chi connectivity index (χ1) is 10.3. The van der Waals surface area contributed by atoms with Crippen LogP contribution in [0.25, 0.3) is 0 Å². The van der Waals surface area contributed by atoms with E-state index in [4.69, 9.17) is 4.98 Å². The van der Waals surface area contributed by atoms with Crippen molar-refractivity contribution in [2.75, 3.05) is 0 Å². The molecule has 22 heavy (non-hydrogen) atoms. The van der Waals surface area contributed by atoms with Gasteiger partial charge >= 0.3 is 0 Å². The summed E-state index contributed by atoms with van der Waals surface area (Å²) in [7, 11) is 0. The molecule has 3 nitrogen and oxygen atoms in total. The largest absolute Gasteiger partial charge is 0.384 e. The lowest BCUT2D eigenvalue weighted by Gasteiger charge is -2.19. The van der Waals surface area contributed by atoms with Crippen molar-refractivity contribution in [3.8, 4) is 0 Å². The molecule has 2 aromatic heterocycles. The van der Waals surface area contributed by atoms with Crippen LogP contribution in [0.15, 0.2) is 36.4 Å². The summed E-state index contributed by atoms with van der Waals surface area (Å²) in [5.74, 6) is 0.698. The van der Waals surface area contributed by atoms with Gasteiger partial charge in [-0.1, -0.05) is 32.9 Å². The molecule has 1 atom stereocenters. The van der Waals surface area contributed by atoms with E-state index in [1.807, 2.05) is 18.2 Å². The highest BCUT2D eigenvalue weighted by Crippen LogP contribution is 2.23. The van der Waals surface area contributed by atoms with Crippen LogP contribution in [0.4, 0.5) is 0 Å². The van der Waals surface area contributed by atoms with Gasteiger partial charge in [0, 0.05) is 23.0 Å². The van der Waals surface area contributed by atoms with E-state index in [-0.39, 0.29) is 5.92 Å². The van der Waals surface area contributed by atoms with Crippen molar-refractivity contribution in [1.82, 2.24) is 9.97 Å². The average Bonchev–Trinajstić information content (AvgIpc) is 2.46. The maximum absolute atomic E-state index is 10.1. The fourth-order valence-electron chi connectivity index (χ4n) is 2.42. The standard InChI is InChI=1S/C19H26N2O/c1-13(2)16-9-6-8-15(20-16)12-14(3)17-10-7-11-18(21-17)19(4,5)22/h6-11,13-14,22H,12H2,1-5H3. The van der Waals surface area contributed by atoms with Gasteiger partial charge < -0.3 is 5.11 Å². The van der Waals surface area contributed by atoms with Crippen molar-refractivity contribution in [3.63, 3.8) is 0 Å². The number of nitrogens with zero attached hydrogens (tertiary/aromatic N) is 2. The van der Waals surface area contributed by atoms with E-state index in [1.165, 1.54) is 0 Å². The topological polar surface area (TPSA) is 46.0 Å². The summed E-state index contributed by atoms with van der Waals surface area (Å²) in [5.41, 5.74) is 3.01. The van der Waals surface area contributed by atoms with Gasteiger partial charge in [0.05, 0.1) is 5.69 Å². The van der Waals surface area contributed by atoms with Crippen LogP contribution in [0.1, 0.15) is 69.2 Å². The van der Waals surface area contributed by atoms with Crippen LogP contribution in [-0.2, 0) is 12.0 Å². The second kappa shape index (κ2) is 6.57. The third-order valence-electron chi connectivity index (χ3n) is 3.84. The molecule has 0 spiro atoms. The zero-order valence-corrected chi connectivity index (χ0v) is 14.2. The van der Waals surface area contributed by atoms with Crippen LogP contribution >= 0.6 is 0 Å². The predicted molar refractivity (Wildman–Crippen MR) is 89.9 cm³/mol. The molecule has 0 fully saturated rings. The molecule has 0 radical (unpaired) electrons. The quantitative estimate of drug-likeness (QED) is 0.901. The zero-order valence-electron chi connectivity index (χ0n) is 14.2. The normalized spacial score (nSPS) is 13.4. The van der Waals surface area contributed by atoms with Gasteiger partial charge in [0.15, 0.2) is 0 Å². The fourth-order valence-corrected chi connectivity index (χ4v) is 2.42. The van der Waals surface area contributed by atoms with E-state index >= 15 is 0 Å². The number of pyridine rings is 2. The Morgan fingerprint density at radius 1 is 0.955 bits per heavy atom. The minimum atomic E-state index is -0.911. The van der Waals surface area contributed by atoms with Crippen molar-refractivity contribution >= 4 is 0 Å². The molecule has 0 saturated heterocycles. The molecule has 1 unspecified atom stereocenters. The lowest BCUT2D eigenvalue weighted by Crippen LogP contribution is -2.18. The molecule has 0 aliphatic carbocycles. The molecular formula is C19H26N2O.